The lowest BCUT2D eigenvalue weighted by Crippen LogP contribution is -2.03. The molecule has 1 heterocycles. The molecule has 0 saturated carbocycles. The number of aliphatic hydroxyl groups is 1. The lowest BCUT2D eigenvalue weighted by Gasteiger charge is -2.07. The first-order chi connectivity index (χ1) is 8.83. The van der Waals surface area contributed by atoms with Crippen LogP contribution in [0.3, 0.4) is 0 Å². The molecule has 0 saturated heterocycles. The van der Waals surface area contributed by atoms with Gasteiger partial charge < -0.3 is 9.84 Å². The largest absolute Gasteiger partial charge is 0.504 e. The molecule has 1 aliphatic rings. The molecule has 3 heteroatoms. The van der Waals surface area contributed by atoms with E-state index in [-0.39, 0.29) is 5.97 Å². The second-order valence-electron chi connectivity index (χ2n) is 4.40. The van der Waals surface area contributed by atoms with Crippen molar-refractivity contribution in [3.8, 4) is 0 Å². The smallest absolute Gasteiger partial charge is 0.311 e. The van der Waals surface area contributed by atoms with E-state index in [9.17, 15) is 4.79 Å². The van der Waals surface area contributed by atoms with Crippen LogP contribution in [0.15, 0.2) is 30.1 Å². The highest BCUT2D eigenvalue weighted by molar-refractivity contribution is 5.70. The molecule has 1 aliphatic heterocycles. The van der Waals surface area contributed by atoms with Crippen molar-refractivity contribution in [1.82, 2.24) is 0 Å². The molecule has 0 bridgehead atoms. The number of esters is 1. The highest BCUT2D eigenvalue weighted by Crippen LogP contribution is 2.14. The molecule has 0 aromatic heterocycles. The third kappa shape index (κ3) is 6.94. The van der Waals surface area contributed by atoms with Crippen molar-refractivity contribution in [2.45, 2.75) is 51.4 Å². The zero-order chi connectivity index (χ0) is 13.1. The van der Waals surface area contributed by atoms with Crippen molar-refractivity contribution in [3.63, 3.8) is 0 Å². The van der Waals surface area contributed by atoms with E-state index in [0.717, 1.165) is 25.7 Å². The summed E-state index contributed by atoms with van der Waals surface area (Å²) in [5.41, 5.74) is 0. The van der Waals surface area contributed by atoms with Gasteiger partial charge in [0.25, 0.3) is 0 Å². The maximum Gasteiger partial charge on any atom is 0.311 e. The second kappa shape index (κ2) is 9.51. The number of hydrogen-bond donors (Lipinski definition) is 1. The minimum absolute atomic E-state index is 0.177. The summed E-state index contributed by atoms with van der Waals surface area (Å²) in [7, 11) is 0. The topological polar surface area (TPSA) is 46.5 Å². The molecule has 18 heavy (non-hydrogen) atoms. The molecule has 0 amide bonds. The van der Waals surface area contributed by atoms with Crippen molar-refractivity contribution in [3.05, 3.63) is 36.3 Å². The van der Waals surface area contributed by atoms with Gasteiger partial charge in [0.1, 0.15) is 5.76 Å². The number of hydrogen-bond acceptors (Lipinski definition) is 3. The van der Waals surface area contributed by atoms with Gasteiger partial charge in [-0.05, 0) is 37.5 Å². The van der Waals surface area contributed by atoms with Gasteiger partial charge in [-0.15, -0.1) is 0 Å². The Morgan fingerprint density at radius 3 is 2.67 bits per heavy atom. The van der Waals surface area contributed by atoms with Crippen molar-refractivity contribution < 1.29 is 14.6 Å². The zero-order valence-electron chi connectivity index (χ0n) is 10.7. The van der Waals surface area contributed by atoms with E-state index >= 15 is 0 Å². The van der Waals surface area contributed by atoms with Gasteiger partial charge in [-0.1, -0.05) is 31.8 Å². The molecular formula is C15H21O3. The fraction of sp³-hybridized carbons (Fsp3) is 0.533. The van der Waals surface area contributed by atoms with Crippen LogP contribution in [-0.4, -0.2) is 11.1 Å². The van der Waals surface area contributed by atoms with E-state index < -0.39 is 0 Å². The number of carbonyl (C=O) groups excluding carboxylic acids is 1. The second-order valence-corrected chi connectivity index (χ2v) is 4.40. The van der Waals surface area contributed by atoms with Crippen LogP contribution in [0.4, 0.5) is 0 Å². The fourth-order valence-electron chi connectivity index (χ4n) is 1.88. The minimum atomic E-state index is -0.177. The first-order valence-corrected chi connectivity index (χ1v) is 6.63. The Balaban J connectivity index is 2.59. The Kier molecular flexibility index (Phi) is 7.69. The number of rotatable bonds is 2. The summed E-state index contributed by atoms with van der Waals surface area (Å²) in [5, 5.41) is 8.41. The quantitative estimate of drug-likeness (QED) is 0.457. The van der Waals surface area contributed by atoms with Gasteiger partial charge in [0, 0.05) is 6.42 Å². The van der Waals surface area contributed by atoms with E-state index in [1.165, 1.54) is 25.3 Å². The molecule has 1 radical (unpaired) electrons. The third-order valence-corrected chi connectivity index (χ3v) is 2.84. The lowest BCUT2D eigenvalue weighted by molar-refractivity contribution is -0.139. The Morgan fingerprint density at radius 1 is 1.17 bits per heavy atom. The summed E-state index contributed by atoms with van der Waals surface area (Å²) in [4.78, 5) is 11.6. The molecule has 3 nitrogen and oxygen atoms in total. The van der Waals surface area contributed by atoms with Crippen LogP contribution in [-0.2, 0) is 9.53 Å². The molecular weight excluding hydrogens is 228 g/mol. The molecule has 99 valence electrons. The highest BCUT2D eigenvalue weighted by atomic mass is 16.5. The highest BCUT2D eigenvalue weighted by Gasteiger charge is 2.06. The van der Waals surface area contributed by atoms with Crippen LogP contribution in [0.1, 0.15) is 51.4 Å². The summed E-state index contributed by atoms with van der Waals surface area (Å²) in [5.74, 6) is 0.385. The average molecular weight is 249 g/mol. The average Bonchev–Trinajstić information content (AvgIpc) is 2.34. The van der Waals surface area contributed by atoms with E-state index in [0.29, 0.717) is 12.2 Å². The Labute approximate surface area is 109 Å². The fourth-order valence-corrected chi connectivity index (χ4v) is 1.88. The van der Waals surface area contributed by atoms with Crippen molar-refractivity contribution in [2.75, 3.05) is 0 Å². The maximum absolute atomic E-state index is 11.6. The van der Waals surface area contributed by atoms with Gasteiger partial charge >= 0.3 is 5.97 Å². The standard InChI is InChI=1S/C15H21O3/c16-13-9-8-11-14-10-6-4-2-1-3-5-7-12-15(17)18-14/h8-11,16H,1-7,12H2/b11-8-,13-9?,14-10-. The van der Waals surface area contributed by atoms with Crippen LogP contribution in [0.25, 0.3) is 0 Å². The number of allylic oxidation sites excluding steroid dienone is 4. The summed E-state index contributed by atoms with van der Waals surface area (Å²) in [6.45, 7) is 0. The van der Waals surface area contributed by atoms with E-state index in [1.54, 1.807) is 12.2 Å². The van der Waals surface area contributed by atoms with Crippen LogP contribution in [0.2, 0.25) is 0 Å². The van der Waals surface area contributed by atoms with E-state index in [2.05, 4.69) is 0 Å². The SMILES string of the molecule is O=C1CCCCCCCC/C=C(/C=C\C=[C]O)O1. The molecule has 0 aromatic carbocycles. The van der Waals surface area contributed by atoms with Gasteiger partial charge in [0.2, 0.25) is 0 Å². The van der Waals surface area contributed by atoms with Crippen molar-refractivity contribution >= 4 is 5.97 Å². The van der Waals surface area contributed by atoms with Gasteiger partial charge in [0.05, 0.1) is 0 Å². The Bertz CT molecular complexity index is 327. The van der Waals surface area contributed by atoms with Crippen molar-refractivity contribution in [1.29, 1.82) is 0 Å². The molecule has 0 unspecified atom stereocenters. The number of cyclic esters (lactones) is 1. The van der Waals surface area contributed by atoms with Gasteiger partial charge in [0.15, 0.2) is 6.26 Å². The first-order valence-electron chi connectivity index (χ1n) is 6.63. The van der Waals surface area contributed by atoms with Crippen molar-refractivity contribution in [2.24, 2.45) is 0 Å². The van der Waals surface area contributed by atoms with E-state index in [1.807, 2.05) is 12.3 Å². The monoisotopic (exact) mass is 249 g/mol. The minimum Gasteiger partial charge on any atom is -0.504 e. The van der Waals surface area contributed by atoms with Crippen LogP contribution in [0, 0.1) is 6.26 Å². The summed E-state index contributed by atoms with van der Waals surface area (Å²) in [6.07, 6.45) is 16.7. The Morgan fingerprint density at radius 2 is 1.89 bits per heavy atom. The normalized spacial score (nSPS) is 23.1. The number of ether oxygens (including phenoxy) is 1. The summed E-state index contributed by atoms with van der Waals surface area (Å²) >= 11 is 0. The van der Waals surface area contributed by atoms with Gasteiger partial charge in [-0.3, -0.25) is 4.79 Å². The molecule has 0 aromatic rings. The third-order valence-electron chi connectivity index (χ3n) is 2.84. The molecule has 0 spiro atoms. The van der Waals surface area contributed by atoms with Crippen LogP contribution < -0.4 is 0 Å². The summed E-state index contributed by atoms with van der Waals surface area (Å²) < 4.78 is 5.28. The maximum atomic E-state index is 11.6. The molecule has 0 atom stereocenters. The first kappa shape index (κ1) is 14.6. The van der Waals surface area contributed by atoms with Gasteiger partial charge in [-0.25, -0.2) is 0 Å². The lowest BCUT2D eigenvalue weighted by atomic mass is 10.1. The number of carbonyl (C=O) groups is 1. The van der Waals surface area contributed by atoms with Gasteiger partial charge in [-0.2, -0.15) is 0 Å². The molecule has 0 fully saturated rings. The summed E-state index contributed by atoms with van der Waals surface area (Å²) in [6, 6.07) is 0. The van der Waals surface area contributed by atoms with Crippen LogP contribution >= 0.6 is 0 Å². The molecule has 1 N–H and O–H groups in total. The van der Waals surface area contributed by atoms with E-state index in [4.69, 9.17) is 9.84 Å². The number of aliphatic hydroxyl groups excluding tert-OH is 1. The predicted octanol–water partition coefficient (Wildman–Crippen LogP) is 3.98. The molecule has 1 rings (SSSR count). The predicted molar refractivity (Wildman–Crippen MR) is 70.7 cm³/mol. The Hall–Kier alpha value is -1.51. The molecule has 0 aliphatic carbocycles. The van der Waals surface area contributed by atoms with Crippen LogP contribution in [0.5, 0.6) is 0 Å². The zero-order valence-corrected chi connectivity index (χ0v) is 10.7.